The summed E-state index contributed by atoms with van der Waals surface area (Å²) in [7, 11) is 0. The fourth-order valence-electron chi connectivity index (χ4n) is 3.58. The van der Waals surface area contributed by atoms with Crippen LogP contribution < -0.4 is 4.52 Å². The minimum atomic E-state index is -2.98. The van der Waals surface area contributed by atoms with Crippen LogP contribution in [-0.4, -0.2) is 4.89 Å². The van der Waals surface area contributed by atoms with Crippen LogP contribution in [-0.2, 0) is 24.6 Å². The van der Waals surface area contributed by atoms with Crippen molar-refractivity contribution in [3.8, 4) is 5.75 Å². The van der Waals surface area contributed by atoms with Crippen molar-refractivity contribution in [2.24, 2.45) is 0 Å². The fraction of sp³-hybridized carbons (Fsp3) is 0.538. The number of aryl methyl sites for hydroxylation is 2. The lowest BCUT2D eigenvalue weighted by Gasteiger charge is -2.16. The zero-order valence-corrected chi connectivity index (χ0v) is 21.8. The molecule has 2 nitrogen and oxygen atoms in total. The second kappa shape index (κ2) is 15.1. The molecule has 0 heterocycles. The van der Waals surface area contributed by atoms with E-state index < -0.39 is 5.69 Å². The predicted octanol–water partition coefficient (Wildman–Crippen LogP) is 9.10. The predicted molar refractivity (Wildman–Crippen MR) is 141 cm³/mol. The number of hydrogen-bond acceptors (Lipinski definition) is 3. The van der Waals surface area contributed by atoms with Gasteiger partial charge in [0.25, 0.3) is 5.69 Å². The topological polar surface area (TPSA) is 29.5 Å². The standard InChI is InChI=1S/C26H39O2PS2/c1-3-5-7-9-11-13-23-15-19-25(20-16-23)28-29(27,30)31-26-21-17-24(18-22-26)14-12-10-8-6-4-2/h15-22H,3-14H2,1-2H3,(H,27,30). The van der Waals surface area contributed by atoms with Crippen molar-refractivity contribution in [1.82, 2.24) is 0 Å². The Morgan fingerprint density at radius 1 is 0.710 bits per heavy atom. The van der Waals surface area contributed by atoms with Gasteiger partial charge < -0.3 is 9.42 Å². The first kappa shape index (κ1) is 26.5. The highest BCUT2D eigenvalue weighted by atomic mass is 32.9. The van der Waals surface area contributed by atoms with Gasteiger partial charge in [0.2, 0.25) is 0 Å². The van der Waals surface area contributed by atoms with Crippen LogP contribution in [0.5, 0.6) is 5.75 Å². The van der Waals surface area contributed by atoms with Crippen LogP contribution in [0.4, 0.5) is 0 Å². The molecule has 0 spiro atoms. The molecule has 2 aromatic carbocycles. The summed E-state index contributed by atoms with van der Waals surface area (Å²) in [6, 6.07) is 16.4. The summed E-state index contributed by atoms with van der Waals surface area (Å²) < 4.78 is 5.80. The van der Waals surface area contributed by atoms with Gasteiger partial charge in [-0.3, -0.25) is 0 Å². The molecule has 0 saturated heterocycles. The van der Waals surface area contributed by atoms with Crippen molar-refractivity contribution >= 4 is 28.9 Å². The third kappa shape index (κ3) is 11.6. The second-order valence-corrected chi connectivity index (χ2v) is 14.3. The van der Waals surface area contributed by atoms with Crippen molar-refractivity contribution in [3.05, 3.63) is 59.7 Å². The molecule has 0 amide bonds. The van der Waals surface area contributed by atoms with Crippen molar-refractivity contribution < 1.29 is 9.42 Å². The SMILES string of the molecule is CCCCCCCc1ccc(OP(O)(=S)Sc2ccc(CCCCCCC)cc2)cc1. The monoisotopic (exact) mass is 478 g/mol. The smallest absolute Gasteiger partial charge is 0.299 e. The summed E-state index contributed by atoms with van der Waals surface area (Å²) in [6.07, 6.45) is 15.1. The maximum atomic E-state index is 10.7. The van der Waals surface area contributed by atoms with Crippen molar-refractivity contribution in [3.63, 3.8) is 0 Å². The van der Waals surface area contributed by atoms with Gasteiger partial charge in [-0.1, -0.05) is 89.5 Å². The summed E-state index contributed by atoms with van der Waals surface area (Å²) >= 11 is 6.67. The Bertz CT molecular complexity index is 711. The van der Waals surface area contributed by atoms with Crippen molar-refractivity contribution in [1.29, 1.82) is 0 Å². The Balaban J connectivity index is 1.77. The summed E-state index contributed by atoms with van der Waals surface area (Å²) in [4.78, 5) is 11.6. The van der Waals surface area contributed by atoms with Crippen LogP contribution in [0.3, 0.4) is 0 Å². The third-order valence-corrected chi connectivity index (χ3v) is 9.02. The van der Waals surface area contributed by atoms with Crippen LogP contribution in [0.2, 0.25) is 0 Å². The Hall–Kier alpha value is -0.800. The Morgan fingerprint density at radius 2 is 1.16 bits per heavy atom. The summed E-state index contributed by atoms with van der Waals surface area (Å²) in [5.41, 5.74) is -0.326. The second-order valence-electron chi connectivity index (χ2n) is 8.27. The third-order valence-electron chi connectivity index (χ3n) is 5.43. The molecule has 0 aliphatic heterocycles. The van der Waals surface area contributed by atoms with Crippen LogP contribution in [0.15, 0.2) is 53.4 Å². The van der Waals surface area contributed by atoms with Crippen LogP contribution in [0.1, 0.15) is 89.2 Å². The lowest BCUT2D eigenvalue weighted by Crippen LogP contribution is -1.91. The summed E-state index contributed by atoms with van der Waals surface area (Å²) in [5.74, 6) is 0.650. The molecule has 1 N–H and O–H groups in total. The quantitative estimate of drug-likeness (QED) is 0.192. The van der Waals surface area contributed by atoms with E-state index in [-0.39, 0.29) is 0 Å². The van der Waals surface area contributed by atoms with Crippen molar-refractivity contribution in [2.45, 2.75) is 95.8 Å². The average Bonchev–Trinajstić information content (AvgIpc) is 2.75. The highest BCUT2D eigenvalue weighted by Gasteiger charge is 2.18. The van der Waals surface area contributed by atoms with Crippen LogP contribution in [0, 0.1) is 0 Å². The van der Waals surface area contributed by atoms with E-state index in [0.717, 1.165) is 17.7 Å². The zero-order valence-electron chi connectivity index (χ0n) is 19.2. The van der Waals surface area contributed by atoms with Gasteiger partial charge in [-0.15, -0.1) is 0 Å². The molecule has 2 rings (SSSR count). The van der Waals surface area contributed by atoms with Gasteiger partial charge in [0, 0.05) is 4.90 Å². The molecule has 0 aliphatic carbocycles. The Kier molecular flexibility index (Phi) is 12.9. The molecule has 0 aliphatic rings. The van der Waals surface area contributed by atoms with Gasteiger partial charge in [-0.2, -0.15) is 0 Å². The van der Waals surface area contributed by atoms with E-state index >= 15 is 0 Å². The molecule has 5 heteroatoms. The number of hydrogen-bond donors (Lipinski definition) is 1. The van der Waals surface area contributed by atoms with Gasteiger partial charge in [-0.05, 0) is 84.3 Å². The van der Waals surface area contributed by atoms with E-state index in [1.807, 2.05) is 24.3 Å². The summed E-state index contributed by atoms with van der Waals surface area (Å²) in [6.45, 7) is 4.49. The first-order valence-corrected chi connectivity index (χ1v) is 16.0. The molecule has 0 fully saturated rings. The van der Waals surface area contributed by atoms with Crippen LogP contribution in [0.25, 0.3) is 0 Å². The maximum absolute atomic E-state index is 10.7. The van der Waals surface area contributed by atoms with E-state index in [4.69, 9.17) is 16.3 Å². The highest BCUT2D eigenvalue weighted by Crippen LogP contribution is 2.59. The normalized spacial score (nSPS) is 13.1. The number of unbranched alkanes of at least 4 members (excludes halogenated alkanes) is 8. The maximum Gasteiger partial charge on any atom is 0.299 e. The first-order valence-electron chi connectivity index (χ1n) is 11.9. The molecule has 0 bridgehead atoms. The van der Waals surface area contributed by atoms with E-state index in [2.05, 4.69) is 38.1 Å². The lowest BCUT2D eigenvalue weighted by atomic mass is 10.1. The molecule has 1 unspecified atom stereocenters. The van der Waals surface area contributed by atoms with Gasteiger partial charge >= 0.3 is 0 Å². The Labute approximate surface area is 199 Å². The van der Waals surface area contributed by atoms with Gasteiger partial charge in [-0.25, -0.2) is 0 Å². The first-order chi connectivity index (χ1) is 15.0. The van der Waals surface area contributed by atoms with E-state index in [0.29, 0.717) is 5.75 Å². The van der Waals surface area contributed by atoms with E-state index in [1.165, 1.54) is 86.7 Å². The van der Waals surface area contributed by atoms with Crippen molar-refractivity contribution in [2.75, 3.05) is 0 Å². The van der Waals surface area contributed by atoms with Gasteiger partial charge in [0.05, 0.1) is 0 Å². The highest BCUT2D eigenvalue weighted by molar-refractivity contribution is 8.67. The molecule has 2 aromatic rings. The summed E-state index contributed by atoms with van der Waals surface area (Å²) in [5, 5.41) is 0. The Morgan fingerprint density at radius 3 is 1.65 bits per heavy atom. The minimum absolute atomic E-state index is 0.650. The zero-order chi connectivity index (χ0) is 22.4. The number of benzene rings is 2. The molecule has 172 valence electrons. The largest absolute Gasteiger partial charge is 0.436 e. The molecular weight excluding hydrogens is 439 g/mol. The van der Waals surface area contributed by atoms with E-state index in [9.17, 15) is 4.89 Å². The van der Waals surface area contributed by atoms with Gasteiger partial charge in [0.1, 0.15) is 5.75 Å². The molecular formula is C26H39O2PS2. The molecule has 31 heavy (non-hydrogen) atoms. The lowest BCUT2D eigenvalue weighted by molar-refractivity contribution is 0.504. The molecule has 0 radical (unpaired) electrons. The van der Waals surface area contributed by atoms with Gasteiger partial charge in [0.15, 0.2) is 0 Å². The molecule has 1 atom stereocenters. The number of rotatable bonds is 16. The minimum Gasteiger partial charge on any atom is -0.436 e. The van der Waals surface area contributed by atoms with Crippen LogP contribution >= 0.6 is 17.1 Å². The fourth-order valence-corrected chi connectivity index (χ4v) is 7.10. The average molecular weight is 479 g/mol. The molecule has 0 saturated carbocycles. The van der Waals surface area contributed by atoms with E-state index in [1.54, 1.807) is 0 Å². The molecule has 0 aromatic heterocycles.